The molecule has 1 aromatic heterocycles. The SMILES string of the molecule is CCOCc1nnc(CCCNC)s1. The van der Waals surface area contributed by atoms with Crippen molar-refractivity contribution < 1.29 is 4.74 Å². The number of nitrogens with one attached hydrogen (secondary N) is 1. The molecule has 5 heteroatoms. The summed E-state index contributed by atoms with van der Waals surface area (Å²) < 4.78 is 5.25. The molecule has 1 aromatic rings. The quantitative estimate of drug-likeness (QED) is 0.695. The van der Waals surface area contributed by atoms with E-state index in [1.54, 1.807) is 11.3 Å². The molecule has 1 heterocycles. The topological polar surface area (TPSA) is 47.0 Å². The Balaban J connectivity index is 2.27. The van der Waals surface area contributed by atoms with Crippen LogP contribution in [0.25, 0.3) is 0 Å². The van der Waals surface area contributed by atoms with E-state index in [2.05, 4.69) is 15.5 Å². The van der Waals surface area contributed by atoms with Crippen molar-refractivity contribution in [3.63, 3.8) is 0 Å². The second-order valence-corrected chi connectivity index (χ2v) is 4.08. The molecule has 0 fully saturated rings. The van der Waals surface area contributed by atoms with E-state index in [1.165, 1.54) is 0 Å². The van der Waals surface area contributed by atoms with E-state index in [0.717, 1.165) is 36.0 Å². The number of hydrogen-bond acceptors (Lipinski definition) is 5. The number of rotatable bonds is 7. The number of aromatic nitrogens is 2. The lowest BCUT2D eigenvalue weighted by Gasteiger charge is -1.95. The summed E-state index contributed by atoms with van der Waals surface area (Å²) in [6.07, 6.45) is 2.12. The molecule has 0 aliphatic rings. The van der Waals surface area contributed by atoms with Gasteiger partial charge in [-0.3, -0.25) is 0 Å². The lowest BCUT2D eigenvalue weighted by Crippen LogP contribution is -2.08. The van der Waals surface area contributed by atoms with Gasteiger partial charge in [-0.15, -0.1) is 10.2 Å². The molecule has 0 bridgehead atoms. The van der Waals surface area contributed by atoms with Crippen LogP contribution in [0.5, 0.6) is 0 Å². The number of aryl methyl sites for hydroxylation is 1. The molecule has 0 spiro atoms. The third-order valence-corrected chi connectivity index (χ3v) is 2.71. The Bertz CT molecular complexity index is 252. The van der Waals surface area contributed by atoms with Crippen molar-refractivity contribution in [1.82, 2.24) is 15.5 Å². The van der Waals surface area contributed by atoms with Crippen LogP contribution in [0.3, 0.4) is 0 Å². The predicted octanol–water partition coefficient (Wildman–Crippen LogP) is 1.23. The minimum Gasteiger partial charge on any atom is -0.374 e. The van der Waals surface area contributed by atoms with Crippen molar-refractivity contribution >= 4 is 11.3 Å². The minimum absolute atomic E-state index is 0.597. The number of hydrogen-bond donors (Lipinski definition) is 1. The molecule has 4 nitrogen and oxygen atoms in total. The summed E-state index contributed by atoms with van der Waals surface area (Å²) in [6, 6.07) is 0. The van der Waals surface area contributed by atoms with Crippen LogP contribution < -0.4 is 5.32 Å². The first-order valence-corrected chi connectivity index (χ1v) is 5.72. The molecule has 0 aromatic carbocycles. The van der Waals surface area contributed by atoms with Crippen LogP contribution in [0, 0.1) is 0 Å². The fraction of sp³-hybridized carbons (Fsp3) is 0.778. The average molecular weight is 215 g/mol. The second-order valence-electron chi connectivity index (χ2n) is 2.93. The first-order chi connectivity index (χ1) is 6.86. The maximum Gasteiger partial charge on any atom is 0.143 e. The van der Waals surface area contributed by atoms with Gasteiger partial charge in [-0.1, -0.05) is 11.3 Å². The highest BCUT2D eigenvalue weighted by Gasteiger charge is 2.03. The van der Waals surface area contributed by atoms with Crippen molar-refractivity contribution in [2.75, 3.05) is 20.2 Å². The Morgan fingerprint density at radius 3 is 2.86 bits per heavy atom. The zero-order valence-corrected chi connectivity index (χ0v) is 9.56. The molecule has 0 saturated carbocycles. The lowest BCUT2D eigenvalue weighted by atomic mass is 10.3. The Morgan fingerprint density at radius 2 is 2.14 bits per heavy atom. The van der Waals surface area contributed by atoms with Crippen LogP contribution in [-0.2, 0) is 17.8 Å². The smallest absolute Gasteiger partial charge is 0.143 e. The summed E-state index contributed by atoms with van der Waals surface area (Å²) in [5.74, 6) is 0. The minimum atomic E-state index is 0.597. The summed E-state index contributed by atoms with van der Waals surface area (Å²) in [5, 5.41) is 13.4. The highest BCUT2D eigenvalue weighted by atomic mass is 32.1. The van der Waals surface area contributed by atoms with Crippen molar-refractivity contribution in [2.24, 2.45) is 0 Å². The van der Waals surface area contributed by atoms with Crippen LogP contribution in [0.2, 0.25) is 0 Å². The van der Waals surface area contributed by atoms with Crippen LogP contribution in [0.4, 0.5) is 0 Å². The highest BCUT2D eigenvalue weighted by Crippen LogP contribution is 2.12. The maximum absolute atomic E-state index is 5.25. The molecule has 0 aliphatic carbocycles. The van der Waals surface area contributed by atoms with Gasteiger partial charge >= 0.3 is 0 Å². The molecule has 80 valence electrons. The monoisotopic (exact) mass is 215 g/mol. The van der Waals surface area contributed by atoms with Crippen molar-refractivity contribution in [2.45, 2.75) is 26.4 Å². The first-order valence-electron chi connectivity index (χ1n) is 4.90. The molecule has 0 unspecified atom stereocenters. The third-order valence-electron chi connectivity index (χ3n) is 1.76. The van der Waals surface area contributed by atoms with E-state index in [0.29, 0.717) is 6.61 Å². The van der Waals surface area contributed by atoms with Crippen molar-refractivity contribution in [3.8, 4) is 0 Å². The van der Waals surface area contributed by atoms with Gasteiger partial charge in [-0.05, 0) is 26.9 Å². The summed E-state index contributed by atoms with van der Waals surface area (Å²) in [6.45, 7) is 4.34. The lowest BCUT2D eigenvalue weighted by molar-refractivity contribution is 0.133. The fourth-order valence-electron chi connectivity index (χ4n) is 1.05. The molecule has 0 atom stereocenters. The summed E-state index contributed by atoms with van der Waals surface area (Å²) in [5.41, 5.74) is 0. The Morgan fingerprint density at radius 1 is 1.36 bits per heavy atom. The van der Waals surface area contributed by atoms with E-state index in [4.69, 9.17) is 4.74 Å². The first kappa shape index (κ1) is 11.6. The molecule has 1 rings (SSSR count). The van der Waals surface area contributed by atoms with E-state index >= 15 is 0 Å². The molecular weight excluding hydrogens is 198 g/mol. The Labute approximate surface area is 88.7 Å². The van der Waals surface area contributed by atoms with Gasteiger partial charge in [0.25, 0.3) is 0 Å². The van der Waals surface area contributed by atoms with Crippen LogP contribution in [0.15, 0.2) is 0 Å². The van der Waals surface area contributed by atoms with Gasteiger partial charge < -0.3 is 10.1 Å². The molecule has 14 heavy (non-hydrogen) atoms. The predicted molar refractivity (Wildman–Crippen MR) is 57.5 cm³/mol. The van der Waals surface area contributed by atoms with E-state index in [9.17, 15) is 0 Å². The maximum atomic E-state index is 5.25. The summed E-state index contributed by atoms with van der Waals surface area (Å²) >= 11 is 1.65. The molecule has 0 amide bonds. The fourth-order valence-corrected chi connectivity index (χ4v) is 1.88. The number of ether oxygens (including phenoxy) is 1. The highest BCUT2D eigenvalue weighted by molar-refractivity contribution is 7.11. The molecule has 0 saturated heterocycles. The normalized spacial score (nSPS) is 10.7. The molecule has 1 N–H and O–H groups in total. The van der Waals surface area contributed by atoms with Gasteiger partial charge in [0.15, 0.2) is 0 Å². The van der Waals surface area contributed by atoms with Gasteiger partial charge in [-0.25, -0.2) is 0 Å². The largest absolute Gasteiger partial charge is 0.374 e. The van der Waals surface area contributed by atoms with Crippen LogP contribution in [0.1, 0.15) is 23.4 Å². The van der Waals surface area contributed by atoms with Gasteiger partial charge in [0.2, 0.25) is 0 Å². The Hall–Kier alpha value is -0.520. The average Bonchev–Trinajstić information content (AvgIpc) is 2.63. The van der Waals surface area contributed by atoms with Gasteiger partial charge in [0.05, 0.1) is 0 Å². The van der Waals surface area contributed by atoms with E-state index < -0.39 is 0 Å². The molecule has 0 aliphatic heterocycles. The van der Waals surface area contributed by atoms with Crippen molar-refractivity contribution in [3.05, 3.63) is 10.0 Å². The van der Waals surface area contributed by atoms with Gasteiger partial charge in [0.1, 0.15) is 16.6 Å². The standard InChI is InChI=1S/C9H17N3OS/c1-3-13-7-9-12-11-8(14-9)5-4-6-10-2/h10H,3-7H2,1-2H3. The van der Waals surface area contributed by atoms with Gasteiger partial charge in [-0.2, -0.15) is 0 Å². The Kier molecular flexibility index (Phi) is 5.66. The summed E-state index contributed by atoms with van der Waals surface area (Å²) in [7, 11) is 1.96. The van der Waals surface area contributed by atoms with E-state index in [1.807, 2.05) is 14.0 Å². The third kappa shape index (κ3) is 4.13. The van der Waals surface area contributed by atoms with Gasteiger partial charge in [0, 0.05) is 13.0 Å². The zero-order chi connectivity index (χ0) is 10.2. The number of nitrogens with zero attached hydrogens (tertiary/aromatic N) is 2. The zero-order valence-electron chi connectivity index (χ0n) is 8.75. The van der Waals surface area contributed by atoms with E-state index in [-0.39, 0.29) is 0 Å². The van der Waals surface area contributed by atoms with Crippen LogP contribution in [-0.4, -0.2) is 30.4 Å². The van der Waals surface area contributed by atoms with Crippen molar-refractivity contribution in [1.29, 1.82) is 0 Å². The second kappa shape index (κ2) is 6.86. The molecular formula is C9H17N3OS. The molecule has 0 radical (unpaired) electrons. The van der Waals surface area contributed by atoms with Crippen LogP contribution >= 0.6 is 11.3 Å². The summed E-state index contributed by atoms with van der Waals surface area (Å²) in [4.78, 5) is 0.